The molecule has 2 aromatic rings. The van der Waals surface area contributed by atoms with Gasteiger partial charge in [0.2, 0.25) is 5.91 Å². The number of hydrogen-bond acceptors (Lipinski definition) is 3. The molecule has 1 aromatic carbocycles. The normalized spacial score (nSPS) is 13.5. The Labute approximate surface area is 119 Å². The van der Waals surface area contributed by atoms with Gasteiger partial charge in [0.15, 0.2) is 0 Å². The Morgan fingerprint density at radius 1 is 1.40 bits per heavy atom. The number of benzene rings is 1. The van der Waals surface area contributed by atoms with Gasteiger partial charge in [-0.15, -0.1) is 0 Å². The number of carbonyl (C=O) groups excluding carboxylic acids is 1. The van der Waals surface area contributed by atoms with Gasteiger partial charge in [-0.3, -0.25) is 4.79 Å². The number of hydrogen-bond donors (Lipinski definition) is 2. The van der Waals surface area contributed by atoms with Gasteiger partial charge in [-0.1, -0.05) is 20.8 Å². The standard InChI is InChI=1S/C15H22N4O/c1-9(16)13(20)17-10-6-7-12-11(8-10)18-14(19(12)5)15(2,3)4/h6-9H,16H2,1-5H3,(H,17,20)/t9-/m1/s1. The Bertz CT molecular complexity index is 650. The van der Waals surface area contributed by atoms with Crippen molar-refractivity contribution in [3.63, 3.8) is 0 Å². The number of aryl methyl sites for hydroxylation is 1. The summed E-state index contributed by atoms with van der Waals surface area (Å²) >= 11 is 0. The van der Waals surface area contributed by atoms with Crippen molar-refractivity contribution < 1.29 is 4.79 Å². The number of amides is 1. The summed E-state index contributed by atoms with van der Waals surface area (Å²) in [6.07, 6.45) is 0. The number of anilines is 1. The second-order valence-electron chi connectivity index (χ2n) is 6.23. The molecule has 0 fully saturated rings. The molecule has 1 heterocycles. The van der Waals surface area contributed by atoms with Gasteiger partial charge in [0.1, 0.15) is 5.82 Å². The smallest absolute Gasteiger partial charge is 0.240 e. The zero-order valence-corrected chi connectivity index (χ0v) is 12.7. The third kappa shape index (κ3) is 2.67. The Hall–Kier alpha value is -1.88. The molecule has 0 unspecified atom stereocenters. The van der Waals surface area contributed by atoms with Crippen molar-refractivity contribution in [1.29, 1.82) is 0 Å². The summed E-state index contributed by atoms with van der Waals surface area (Å²) in [5, 5.41) is 2.79. The molecule has 0 aliphatic carbocycles. The second-order valence-corrected chi connectivity index (χ2v) is 6.23. The summed E-state index contributed by atoms with van der Waals surface area (Å²) in [5.41, 5.74) is 8.17. The first kappa shape index (κ1) is 14.5. The molecule has 1 atom stereocenters. The summed E-state index contributed by atoms with van der Waals surface area (Å²) in [6, 6.07) is 5.19. The van der Waals surface area contributed by atoms with Crippen LogP contribution in [0.3, 0.4) is 0 Å². The van der Waals surface area contributed by atoms with E-state index in [4.69, 9.17) is 5.73 Å². The van der Waals surface area contributed by atoms with Crippen molar-refractivity contribution in [3.8, 4) is 0 Å². The lowest BCUT2D eigenvalue weighted by atomic mass is 9.96. The fraction of sp³-hybridized carbons (Fsp3) is 0.467. The summed E-state index contributed by atoms with van der Waals surface area (Å²) in [5.74, 6) is 0.819. The van der Waals surface area contributed by atoms with Crippen molar-refractivity contribution in [1.82, 2.24) is 9.55 Å². The molecule has 0 aliphatic heterocycles. The van der Waals surface area contributed by atoms with Gasteiger partial charge in [0, 0.05) is 18.2 Å². The van der Waals surface area contributed by atoms with Crippen LogP contribution in [0.5, 0.6) is 0 Å². The summed E-state index contributed by atoms with van der Waals surface area (Å²) in [4.78, 5) is 16.3. The number of rotatable bonds is 2. The zero-order valence-electron chi connectivity index (χ0n) is 12.7. The van der Waals surface area contributed by atoms with E-state index < -0.39 is 6.04 Å². The fourth-order valence-electron chi connectivity index (χ4n) is 2.20. The average molecular weight is 274 g/mol. The van der Waals surface area contributed by atoms with E-state index in [1.54, 1.807) is 6.92 Å². The third-order valence-corrected chi connectivity index (χ3v) is 3.23. The molecule has 0 bridgehead atoms. The first-order valence-corrected chi connectivity index (χ1v) is 6.73. The minimum Gasteiger partial charge on any atom is -0.331 e. The lowest BCUT2D eigenvalue weighted by Gasteiger charge is -2.17. The lowest BCUT2D eigenvalue weighted by molar-refractivity contribution is -0.117. The first-order chi connectivity index (χ1) is 9.20. The summed E-state index contributed by atoms with van der Waals surface area (Å²) in [6.45, 7) is 8.05. The van der Waals surface area contributed by atoms with Crippen LogP contribution in [-0.4, -0.2) is 21.5 Å². The van der Waals surface area contributed by atoms with Crippen LogP contribution in [0, 0.1) is 0 Å². The van der Waals surface area contributed by atoms with Crippen molar-refractivity contribution >= 4 is 22.6 Å². The maximum Gasteiger partial charge on any atom is 0.240 e. The largest absolute Gasteiger partial charge is 0.331 e. The molecule has 0 saturated heterocycles. The molecule has 3 N–H and O–H groups in total. The topological polar surface area (TPSA) is 72.9 Å². The molecule has 5 nitrogen and oxygen atoms in total. The molecule has 108 valence electrons. The van der Waals surface area contributed by atoms with E-state index in [2.05, 4.69) is 35.6 Å². The van der Waals surface area contributed by atoms with E-state index in [9.17, 15) is 4.79 Å². The third-order valence-electron chi connectivity index (χ3n) is 3.23. The van der Waals surface area contributed by atoms with E-state index in [1.165, 1.54) is 0 Å². The van der Waals surface area contributed by atoms with Gasteiger partial charge in [0.05, 0.1) is 17.1 Å². The van der Waals surface area contributed by atoms with Crippen molar-refractivity contribution in [3.05, 3.63) is 24.0 Å². The average Bonchev–Trinajstić information content (AvgIpc) is 2.66. The SMILES string of the molecule is C[C@@H](N)C(=O)Nc1ccc2c(c1)nc(C(C)(C)C)n2C. The number of nitrogens with two attached hydrogens (primary N) is 1. The number of nitrogens with zero attached hydrogens (tertiary/aromatic N) is 2. The van der Waals surface area contributed by atoms with E-state index in [1.807, 2.05) is 25.2 Å². The highest BCUT2D eigenvalue weighted by Crippen LogP contribution is 2.26. The molecule has 1 amide bonds. The Morgan fingerprint density at radius 3 is 2.60 bits per heavy atom. The minimum atomic E-state index is -0.528. The predicted octanol–water partition coefficient (Wildman–Crippen LogP) is 2.16. The van der Waals surface area contributed by atoms with Crippen LogP contribution in [0.4, 0.5) is 5.69 Å². The number of nitrogens with one attached hydrogen (secondary N) is 1. The molecule has 5 heteroatoms. The van der Waals surface area contributed by atoms with Crippen LogP contribution < -0.4 is 11.1 Å². The maximum atomic E-state index is 11.6. The number of carbonyl (C=O) groups is 1. The van der Waals surface area contributed by atoms with Crippen molar-refractivity contribution in [2.45, 2.75) is 39.2 Å². The molecule has 20 heavy (non-hydrogen) atoms. The van der Waals surface area contributed by atoms with Crippen LogP contribution in [0.2, 0.25) is 0 Å². The molecule has 0 saturated carbocycles. The van der Waals surface area contributed by atoms with Crippen LogP contribution >= 0.6 is 0 Å². The zero-order chi connectivity index (χ0) is 15.1. The maximum absolute atomic E-state index is 11.6. The summed E-state index contributed by atoms with van der Waals surface area (Å²) in [7, 11) is 2.01. The number of aromatic nitrogens is 2. The van der Waals surface area contributed by atoms with Gasteiger partial charge in [0.25, 0.3) is 0 Å². The monoisotopic (exact) mass is 274 g/mol. The fourth-order valence-corrected chi connectivity index (χ4v) is 2.20. The van der Waals surface area contributed by atoms with Crippen LogP contribution in [0.25, 0.3) is 11.0 Å². The molecular formula is C15H22N4O. The molecular weight excluding hydrogens is 252 g/mol. The van der Waals surface area contributed by atoms with E-state index in [0.29, 0.717) is 0 Å². The van der Waals surface area contributed by atoms with E-state index in [-0.39, 0.29) is 11.3 Å². The minimum absolute atomic E-state index is 0.0248. The van der Waals surface area contributed by atoms with Crippen LogP contribution in [0.15, 0.2) is 18.2 Å². The first-order valence-electron chi connectivity index (χ1n) is 6.73. The van der Waals surface area contributed by atoms with Crippen LogP contribution in [0.1, 0.15) is 33.5 Å². The quantitative estimate of drug-likeness (QED) is 0.881. The van der Waals surface area contributed by atoms with Crippen molar-refractivity contribution in [2.75, 3.05) is 5.32 Å². The van der Waals surface area contributed by atoms with Gasteiger partial charge in [-0.05, 0) is 25.1 Å². The molecule has 0 radical (unpaired) electrons. The van der Waals surface area contributed by atoms with Gasteiger partial charge < -0.3 is 15.6 Å². The molecule has 0 spiro atoms. The van der Waals surface area contributed by atoms with E-state index >= 15 is 0 Å². The van der Waals surface area contributed by atoms with Crippen molar-refractivity contribution in [2.24, 2.45) is 12.8 Å². The van der Waals surface area contributed by atoms with E-state index in [0.717, 1.165) is 22.5 Å². The van der Waals surface area contributed by atoms with Gasteiger partial charge in [-0.25, -0.2) is 4.98 Å². The van der Waals surface area contributed by atoms with Crippen LogP contribution in [-0.2, 0) is 17.3 Å². The Balaban J connectivity index is 2.43. The molecule has 0 aliphatic rings. The highest BCUT2D eigenvalue weighted by atomic mass is 16.2. The number of imidazole rings is 1. The summed E-state index contributed by atoms with van der Waals surface area (Å²) < 4.78 is 2.09. The lowest BCUT2D eigenvalue weighted by Crippen LogP contribution is -2.32. The second kappa shape index (κ2) is 4.90. The Morgan fingerprint density at radius 2 is 2.05 bits per heavy atom. The Kier molecular flexibility index (Phi) is 3.56. The number of fused-ring (bicyclic) bond motifs is 1. The molecule has 2 rings (SSSR count). The predicted molar refractivity (Wildman–Crippen MR) is 81.7 cm³/mol. The van der Waals surface area contributed by atoms with Gasteiger partial charge >= 0.3 is 0 Å². The highest BCUT2D eigenvalue weighted by Gasteiger charge is 2.21. The highest BCUT2D eigenvalue weighted by molar-refractivity contribution is 5.96. The molecule has 1 aromatic heterocycles. The van der Waals surface area contributed by atoms with Gasteiger partial charge in [-0.2, -0.15) is 0 Å².